The molecule has 0 bridgehead atoms. The summed E-state index contributed by atoms with van der Waals surface area (Å²) in [6.07, 6.45) is 0. The van der Waals surface area contributed by atoms with Gasteiger partial charge in [0.1, 0.15) is 17.2 Å². The summed E-state index contributed by atoms with van der Waals surface area (Å²) in [7, 11) is 3.12. The minimum Gasteiger partial charge on any atom is -0.497 e. The second kappa shape index (κ2) is 9.38. The molecule has 0 aromatic heterocycles. The van der Waals surface area contributed by atoms with Crippen molar-refractivity contribution in [3.8, 4) is 11.5 Å². The second-order valence-electron chi connectivity index (χ2n) is 7.58. The maximum absolute atomic E-state index is 13.6. The molecule has 168 valence electrons. The minimum absolute atomic E-state index is 0.130. The molecular formula is C26H23ClN2O4. The fourth-order valence-corrected chi connectivity index (χ4v) is 3.98. The summed E-state index contributed by atoms with van der Waals surface area (Å²) < 4.78 is 10.7. The van der Waals surface area contributed by atoms with Crippen molar-refractivity contribution in [2.75, 3.05) is 19.5 Å². The van der Waals surface area contributed by atoms with Crippen LogP contribution in [0.4, 0.5) is 5.69 Å². The van der Waals surface area contributed by atoms with Crippen LogP contribution in [0, 0.1) is 6.92 Å². The molecule has 0 spiro atoms. The molecule has 4 rings (SSSR count). The number of benzene rings is 3. The first-order valence-electron chi connectivity index (χ1n) is 10.3. The van der Waals surface area contributed by atoms with E-state index >= 15 is 0 Å². The Hall–Kier alpha value is -3.77. The normalized spacial score (nSPS) is 13.5. The monoisotopic (exact) mass is 462 g/mol. The van der Waals surface area contributed by atoms with Crippen LogP contribution in [-0.4, -0.2) is 30.9 Å². The standard InChI is InChI=1S/C26H23ClN2O4/c1-16-14-18(27)10-13-21(16)28-24-23(20-6-4-5-7-22(20)33-3)25(30)29(26(24)31)15-17-8-11-19(32-2)12-9-17/h4-14,28H,15H2,1-3H3. The SMILES string of the molecule is COc1ccc(CN2C(=O)C(Nc3ccc(Cl)cc3C)=C(c3ccccc3OC)C2=O)cc1. The summed E-state index contributed by atoms with van der Waals surface area (Å²) in [5.74, 6) is 0.402. The highest BCUT2D eigenvalue weighted by molar-refractivity contribution is 6.37. The molecule has 0 atom stereocenters. The Morgan fingerprint density at radius 1 is 0.909 bits per heavy atom. The van der Waals surface area contributed by atoms with Crippen molar-refractivity contribution in [3.63, 3.8) is 0 Å². The maximum Gasteiger partial charge on any atom is 0.278 e. The number of rotatable bonds is 7. The molecule has 0 aliphatic carbocycles. The Morgan fingerprint density at radius 3 is 2.30 bits per heavy atom. The van der Waals surface area contributed by atoms with E-state index in [4.69, 9.17) is 21.1 Å². The molecule has 0 unspecified atom stereocenters. The van der Waals surface area contributed by atoms with Crippen molar-refractivity contribution in [2.24, 2.45) is 0 Å². The van der Waals surface area contributed by atoms with E-state index in [0.29, 0.717) is 27.8 Å². The van der Waals surface area contributed by atoms with Crippen LogP contribution < -0.4 is 14.8 Å². The number of methoxy groups -OCH3 is 2. The number of nitrogens with one attached hydrogen (secondary N) is 1. The number of carbonyl (C=O) groups is 2. The molecule has 0 radical (unpaired) electrons. The first-order chi connectivity index (χ1) is 15.9. The van der Waals surface area contributed by atoms with E-state index in [2.05, 4.69) is 5.32 Å². The van der Waals surface area contributed by atoms with Crippen LogP contribution >= 0.6 is 11.6 Å². The molecule has 0 fully saturated rings. The van der Waals surface area contributed by atoms with Crippen LogP contribution in [0.25, 0.3) is 5.57 Å². The highest BCUT2D eigenvalue weighted by Gasteiger charge is 2.40. The molecular weight excluding hydrogens is 440 g/mol. The van der Waals surface area contributed by atoms with Gasteiger partial charge < -0.3 is 14.8 Å². The van der Waals surface area contributed by atoms with E-state index in [1.807, 2.05) is 25.1 Å². The van der Waals surface area contributed by atoms with Gasteiger partial charge in [0.25, 0.3) is 11.8 Å². The molecule has 0 saturated heterocycles. The van der Waals surface area contributed by atoms with Crippen molar-refractivity contribution in [3.05, 3.63) is 94.1 Å². The molecule has 3 aromatic rings. The predicted molar refractivity (Wildman–Crippen MR) is 128 cm³/mol. The predicted octanol–water partition coefficient (Wildman–Crippen LogP) is 5.06. The summed E-state index contributed by atoms with van der Waals surface area (Å²) >= 11 is 6.09. The zero-order chi connectivity index (χ0) is 23.5. The molecule has 1 aliphatic rings. The number of nitrogens with zero attached hydrogens (tertiary/aromatic N) is 1. The quantitative estimate of drug-likeness (QED) is 0.497. The fourth-order valence-electron chi connectivity index (χ4n) is 3.75. The molecule has 0 saturated carbocycles. The van der Waals surface area contributed by atoms with Crippen LogP contribution in [0.15, 0.2) is 72.4 Å². The summed E-state index contributed by atoms with van der Waals surface area (Å²) in [4.78, 5) is 28.3. The first-order valence-corrected chi connectivity index (χ1v) is 10.7. The van der Waals surface area contributed by atoms with E-state index in [0.717, 1.165) is 11.1 Å². The smallest absolute Gasteiger partial charge is 0.278 e. The third-order valence-electron chi connectivity index (χ3n) is 5.49. The lowest BCUT2D eigenvalue weighted by atomic mass is 10.0. The highest BCUT2D eigenvalue weighted by Crippen LogP contribution is 2.36. The molecule has 6 nitrogen and oxygen atoms in total. The molecule has 1 N–H and O–H groups in total. The fraction of sp³-hybridized carbons (Fsp3) is 0.154. The number of imide groups is 1. The number of hydrogen-bond donors (Lipinski definition) is 1. The van der Waals surface area contributed by atoms with Gasteiger partial charge in [-0.25, -0.2) is 0 Å². The Kier molecular flexibility index (Phi) is 6.38. The molecule has 1 heterocycles. The number of aryl methyl sites for hydroxylation is 1. The molecule has 7 heteroatoms. The van der Waals surface area contributed by atoms with Gasteiger partial charge in [-0.1, -0.05) is 41.9 Å². The van der Waals surface area contributed by atoms with Gasteiger partial charge in [0.2, 0.25) is 0 Å². The van der Waals surface area contributed by atoms with Gasteiger partial charge in [-0.05, 0) is 54.4 Å². The first kappa shape index (κ1) is 22.4. The van der Waals surface area contributed by atoms with E-state index in [1.54, 1.807) is 55.6 Å². The van der Waals surface area contributed by atoms with Crippen molar-refractivity contribution in [2.45, 2.75) is 13.5 Å². The highest BCUT2D eigenvalue weighted by atomic mass is 35.5. The lowest BCUT2D eigenvalue weighted by Crippen LogP contribution is -2.32. The molecule has 1 aliphatic heterocycles. The van der Waals surface area contributed by atoms with Crippen LogP contribution in [0.5, 0.6) is 11.5 Å². The molecule has 3 aromatic carbocycles. The largest absolute Gasteiger partial charge is 0.497 e. The van der Waals surface area contributed by atoms with Crippen LogP contribution in [0.1, 0.15) is 16.7 Å². The van der Waals surface area contributed by atoms with Crippen molar-refractivity contribution >= 4 is 34.7 Å². The van der Waals surface area contributed by atoms with Crippen LogP contribution in [-0.2, 0) is 16.1 Å². The number of anilines is 1. The summed E-state index contributed by atoms with van der Waals surface area (Å²) in [5.41, 5.74) is 3.35. The Balaban J connectivity index is 1.77. The van der Waals surface area contributed by atoms with Crippen molar-refractivity contribution in [1.29, 1.82) is 0 Å². The summed E-state index contributed by atoms with van der Waals surface area (Å²) in [6, 6.07) is 19.7. The Bertz CT molecular complexity index is 1250. The van der Waals surface area contributed by atoms with Crippen molar-refractivity contribution < 1.29 is 19.1 Å². The third-order valence-corrected chi connectivity index (χ3v) is 5.73. The van der Waals surface area contributed by atoms with Gasteiger partial charge in [-0.3, -0.25) is 14.5 Å². The van der Waals surface area contributed by atoms with E-state index < -0.39 is 11.8 Å². The number of hydrogen-bond acceptors (Lipinski definition) is 5. The Labute approximate surface area is 197 Å². The molecule has 2 amide bonds. The van der Waals surface area contributed by atoms with Crippen molar-refractivity contribution in [1.82, 2.24) is 4.90 Å². The van der Waals surface area contributed by atoms with Gasteiger partial charge in [0, 0.05) is 16.3 Å². The van der Waals surface area contributed by atoms with E-state index in [1.165, 1.54) is 12.0 Å². The number of para-hydroxylation sites is 1. The second-order valence-corrected chi connectivity index (χ2v) is 8.02. The van der Waals surface area contributed by atoms with E-state index in [-0.39, 0.29) is 17.8 Å². The average Bonchev–Trinajstić information content (AvgIpc) is 3.05. The van der Waals surface area contributed by atoms with Gasteiger partial charge in [-0.15, -0.1) is 0 Å². The summed E-state index contributed by atoms with van der Waals surface area (Å²) in [6.45, 7) is 2.01. The number of ether oxygens (including phenoxy) is 2. The van der Waals surface area contributed by atoms with E-state index in [9.17, 15) is 9.59 Å². The lowest BCUT2D eigenvalue weighted by Gasteiger charge is -2.16. The third kappa shape index (κ3) is 4.43. The zero-order valence-electron chi connectivity index (χ0n) is 18.5. The number of halogens is 1. The topological polar surface area (TPSA) is 67.9 Å². The Morgan fingerprint density at radius 2 is 1.64 bits per heavy atom. The van der Waals surface area contributed by atoms with Crippen LogP contribution in [0.3, 0.4) is 0 Å². The summed E-state index contributed by atoms with van der Waals surface area (Å²) in [5, 5.41) is 3.77. The van der Waals surface area contributed by atoms with Gasteiger partial charge >= 0.3 is 0 Å². The maximum atomic E-state index is 13.6. The van der Waals surface area contributed by atoms with Gasteiger partial charge in [0.15, 0.2) is 0 Å². The van der Waals surface area contributed by atoms with Gasteiger partial charge in [-0.2, -0.15) is 0 Å². The number of amides is 2. The van der Waals surface area contributed by atoms with Gasteiger partial charge in [0.05, 0.1) is 26.3 Å². The number of carbonyl (C=O) groups excluding carboxylic acids is 2. The molecule has 33 heavy (non-hydrogen) atoms. The minimum atomic E-state index is -0.411. The average molecular weight is 463 g/mol. The van der Waals surface area contributed by atoms with Crippen LogP contribution in [0.2, 0.25) is 5.02 Å². The lowest BCUT2D eigenvalue weighted by molar-refractivity contribution is -0.137. The zero-order valence-corrected chi connectivity index (χ0v) is 19.3.